The predicted octanol–water partition coefficient (Wildman–Crippen LogP) is 4.65. The molecule has 1 heterocycles. The van der Waals surface area contributed by atoms with Crippen LogP contribution in [0.3, 0.4) is 0 Å². The largest absolute Gasteiger partial charge is 0.488 e. The van der Waals surface area contributed by atoms with Gasteiger partial charge in [0, 0.05) is 27.7 Å². The summed E-state index contributed by atoms with van der Waals surface area (Å²) in [6, 6.07) is 11.9. The Labute approximate surface area is 166 Å². The topological polar surface area (TPSA) is 58.6 Å². The third-order valence-electron chi connectivity index (χ3n) is 3.89. The molecule has 1 N–H and O–H groups in total. The van der Waals surface area contributed by atoms with Crippen molar-refractivity contribution in [2.24, 2.45) is 0 Å². The van der Waals surface area contributed by atoms with E-state index in [1.807, 2.05) is 12.1 Å². The van der Waals surface area contributed by atoms with Gasteiger partial charge < -0.3 is 10.1 Å². The van der Waals surface area contributed by atoms with Crippen molar-refractivity contribution in [3.8, 4) is 5.75 Å². The lowest BCUT2D eigenvalue weighted by molar-refractivity contribution is -0.122. The van der Waals surface area contributed by atoms with Crippen molar-refractivity contribution in [1.82, 2.24) is 10.2 Å². The number of halogens is 2. The number of amides is 3. The quantitative estimate of drug-likeness (QED) is 0.434. The van der Waals surface area contributed by atoms with Gasteiger partial charge >= 0.3 is 6.03 Å². The van der Waals surface area contributed by atoms with Gasteiger partial charge in [-0.25, -0.2) is 4.79 Å². The van der Waals surface area contributed by atoms with E-state index in [-0.39, 0.29) is 18.8 Å². The molecule has 27 heavy (non-hydrogen) atoms. The fourth-order valence-corrected chi connectivity index (χ4v) is 3.01. The molecule has 5 nitrogen and oxygen atoms in total. The number of benzene rings is 2. The Balaban J connectivity index is 1.81. The monoisotopic (exact) mass is 402 g/mol. The van der Waals surface area contributed by atoms with E-state index in [9.17, 15) is 9.59 Å². The van der Waals surface area contributed by atoms with Crippen molar-refractivity contribution in [2.75, 3.05) is 6.54 Å². The molecule has 0 aliphatic carbocycles. The number of rotatable bonds is 6. The van der Waals surface area contributed by atoms with E-state index >= 15 is 0 Å². The van der Waals surface area contributed by atoms with Gasteiger partial charge in [-0.1, -0.05) is 53.5 Å². The number of hydrogen-bond donors (Lipinski definition) is 1. The highest BCUT2D eigenvalue weighted by Crippen LogP contribution is 2.26. The van der Waals surface area contributed by atoms with Crippen LogP contribution in [0.2, 0.25) is 10.0 Å². The number of ether oxygens (including phenoxy) is 1. The number of para-hydroxylation sites is 1. The number of nitrogens with one attached hydrogen (secondary N) is 1. The summed E-state index contributed by atoms with van der Waals surface area (Å²) < 4.78 is 5.86. The van der Waals surface area contributed by atoms with E-state index in [2.05, 4.69) is 11.9 Å². The molecule has 1 aliphatic rings. The normalized spacial score (nSPS) is 15.2. The maximum Gasteiger partial charge on any atom is 0.329 e. The summed E-state index contributed by atoms with van der Waals surface area (Å²) in [5.74, 6) is 0.149. The van der Waals surface area contributed by atoms with Crippen molar-refractivity contribution < 1.29 is 14.3 Å². The minimum absolute atomic E-state index is 0.148. The number of carbonyl (C=O) groups is 2. The SMILES string of the molecule is C=CCN1C(=O)N/C(=C\c2ccccc2OCc2ccc(Cl)cc2Cl)C1=O. The Kier molecular flexibility index (Phi) is 5.84. The molecule has 0 radical (unpaired) electrons. The minimum Gasteiger partial charge on any atom is -0.488 e. The zero-order valence-electron chi connectivity index (χ0n) is 14.2. The van der Waals surface area contributed by atoms with E-state index in [1.54, 1.807) is 36.4 Å². The van der Waals surface area contributed by atoms with Crippen molar-refractivity contribution in [2.45, 2.75) is 6.61 Å². The lowest BCUT2D eigenvalue weighted by Crippen LogP contribution is -2.30. The molecule has 0 atom stereocenters. The fourth-order valence-electron chi connectivity index (χ4n) is 2.55. The molecule has 0 aromatic heterocycles. The van der Waals surface area contributed by atoms with Gasteiger partial charge in [0.15, 0.2) is 0 Å². The molecule has 0 saturated carbocycles. The first kappa shape index (κ1) is 19.0. The smallest absolute Gasteiger partial charge is 0.329 e. The van der Waals surface area contributed by atoms with Crippen LogP contribution in [-0.2, 0) is 11.4 Å². The number of urea groups is 1. The van der Waals surface area contributed by atoms with Gasteiger partial charge in [0.25, 0.3) is 5.91 Å². The summed E-state index contributed by atoms with van der Waals surface area (Å²) in [7, 11) is 0. The second-order valence-corrected chi connectivity index (χ2v) is 6.60. The van der Waals surface area contributed by atoms with Crippen LogP contribution in [-0.4, -0.2) is 23.4 Å². The van der Waals surface area contributed by atoms with Gasteiger partial charge in [-0.3, -0.25) is 9.69 Å². The average molecular weight is 403 g/mol. The third-order valence-corrected chi connectivity index (χ3v) is 4.48. The first-order valence-corrected chi connectivity index (χ1v) is 8.86. The van der Waals surface area contributed by atoms with E-state index in [0.29, 0.717) is 21.4 Å². The predicted molar refractivity (Wildman–Crippen MR) is 106 cm³/mol. The molecule has 2 aromatic carbocycles. The fraction of sp³-hybridized carbons (Fsp3) is 0.100. The Hall–Kier alpha value is -2.76. The number of hydrogen-bond acceptors (Lipinski definition) is 3. The highest BCUT2D eigenvalue weighted by atomic mass is 35.5. The lowest BCUT2D eigenvalue weighted by atomic mass is 10.1. The molecule has 0 bridgehead atoms. The maximum absolute atomic E-state index is 12.3. The van der Waals surface area contributed by atoms with Crippen LogP contribution in [0.15, 0.2) is 60.8 Å². The highest BCUT2D eigenvalue weighted by Gasteiger charge is 2.32. The van der Waals surface area contributed by atoms with Crippen LogP contribution in [0.25, 0.3) is 6.08 Å². The van der Waals surface area contributed by atoms with E-state index in [4.69, 9.17) is 27.9 Å². The molecule has 0 spiro atoms. The highest BCUT2D eigenvalue weighted by molar-refractivity contribution is 6.35. The van der Waals surface area contributed by atoms with Crippen LogP contribution in [0, 0.1) is 0 Å². The summed E-state index contributed by atoms with van der Waals surface area (Å²) in [6.07, 6.45) is 3.08. The van der Waals surface area contributed by atoms with E-state index < -0.39 is 11.9 Å². The number of imide groups is 1. The van der Waals surface area contributed by atoms with Crippen molar-refractivity contribution >= 4 is 41.2 Å². The number of carbonyl (C=O) groups excluding carboxylic acids is 2. The first-order valence-electron chi connectivity index (χ1n) is 8.11. The van der Waals surface area contributed by atoms with Gasteiger partial charge in [0.2, 0.25) is 0 Å². The standard InChI is InChI=1S/C20H16Cl2N2O3/c1-2-9-24-19(25)17(23-20(24)26)10-13-5-3-4-6-18(13)27-12-14-7-8-15(21)11-16(14)22/h2-8,10-11H,1,9,12H2,(H,23,26)/b17-10-. The zero-order chi connectivity index (χ0) is 19.4. The van der Waals surface area contributed by atoms with Crippen LogP contribution < -0.4 is 10.1 Å². The number of nitrogens with zero attached hydrogens (tertiary/aromatic N) is 1. The molecule has 1 aliphatic heterocycles. The molecular weight excluding hydrogens is 387 g/mol. The molecular formula is C20H16Cl2N2O3. The average Bonchev–Trinajstić information content (AvgIpc) is 2.90. The van der Waals surface area contributed by atoms with Gasteiger partial charge in [0.05, 0.1) is 0 Å². The summed E-state index contributed by atoms with van der Waals surface area (Å²) in [5, 5.41) is 3.62. The Morgan fingerprint density at radius 2 is 1.93 bits per heavy atom. The van der Waals surface area contributed by atoms with Crippen molar-refractivity contribution in [3.63, 3.8) is 0 Å². The first-order chi connectivity index (χ1) is 13.0. The second kappa shape index (κ2) is 8.29. The summed E-state index contributed by atoms with van der Waals surface area (Å²) in [6.45, 7) is 3.93. The molecule has 3 amide bonds. The zero-order valence-corrected chi connectivity index (χ0v) is 15.8. The minimum atomic E-state index is -0.475. The second-order valence-electron chi connectivity index (χ2n) is 5.75. The van der Waals surface area contributed by atoms with Crippen LogP contribution in [0.4, 0.5) is 4.79 Å². The van der Waals surface area contributed by atoms with Crippen molar-refractivity contribution in [3.05, 3.63) is 82.0 Å². The van der Waals surface area contributed by atoms with Crippen LogP contribution in [0.1, 0.15) is 11.1 Å². The van der Waals surface area contributed by atoms with Crippen molar-refractivity contribution in [1.29, 1.82) is 0 Å². The summed E-state index contributed by atoms with van der Waals surface area (Å²) in [5.41, 5.74) is 1.63. The molecule has 7 heteroatoms. The molecule has 1 fully saturated rings. The Morgan fingerprint density at radius 3 is 2.67 bits per heavy atom. The third kappa shape index (κ3) is 4.32. The van der Waals surface area contributed by atoms with Crippen LogP contribution in [0.5, 0.6) is 5.75 Å². The van der Waals surface area contributed by atoms with Gasteiger partial charge in [-0.05, 0) is 24.3 Å². The lowest BCUT2D eigenvalue weighted by Gasteiger charge is -2.11. The van der Waals surface area contributed by atoms with Crippen LogP contribution >= 0.6 is 23.2 Å². The molecule has 3 rings (SSSR count). The Morgan fingerprint density at radius 1 is 1.15 bits per heavy atom. The van der Waals surface area contributed by atoms with Gasteiger partial charge in [-0.2, -0.15) is 0 Å². The molecule has 0 unspecified atom stereocenters. The molecule has 2 aromatic rings. The van der Waals surface area contributed by atoms with Gasteiger partial charge in [0.1, 0.15) is 18.1 Å². The van der Waals surface area contributed by atoms with E-state index in [0.717, 1.165) is 10.5 Å². The molecule has 1 saturated heterocycles. The Bertz CT molecular complexity index is 941. The van der Waals surface area contributed by atoms with Gasteiger partial charge in [-0.15, -0.1) is 6.58 Å². The molecule has 138 valence electrons. The maximum atomic E-state index is 12.3. The summed E-state index contributed by atoms with van der Waals surface area (Å²) in [4.78, 5) is 25.3. The summed E-state index contributed by atoms with van der Waals surface area (Å²) >= 11 is 12.1. The van der Waals surface area contributed by atoms with E-state index in [1.165, 1.54) is 6.08 Å².